The van der Waals surface area contributed by atoms with Crippen LogP contribution in [-0.4, -0.2) is 27.9 Å². The second-order valence-corrected chi connectivity index (χ2v) is 7.72. The van der Waals surface area contributed by atoms with Gasteiger partial charge in [-0.3, -0.25) is 0 Å². The van der Waals surface area contributed by atoms with Crippen molar-refractivity contribution in [2.45, 2.75) is 13.3 Å². The van der Waals surface area contributed by atoms with Crippen LogP contribution in [-0.2, 0) is 0 Å². The summed E-state index contributed by atoms with van der Waals surface area (Å²) >= 11 is 1.48. The second-order valence-electron chi connectivity index (χ2n) is 6.75. The number of hydrogen-bond acceptors (Lipinski definition) is 5. The van der Waals surface area contributed by atoms with Crippen LogP contribution in [0.25, 0.3) is 32.3 Å². The van der Waals surface area contributed by atoms with Crippen LogP contribution in [0.2, 0.25) is 0 Å². The number of carbonyl (C=O) groups is 1. The molecule has 150 valence electrons. The van der Waals surface area contributed by atoms with Gasteiger partial charge in [0.2, 0.25) is 0 Å². The summed E-state index contributed by atoms with van der Waals surface area (Å²) in [6.45, 7) is 2.81. The zero-order valence-electron chi connectivity index (χ0n) is 16.4. The first kappa shape index (κ1) is 19.8. The number of ether oxygens (including phenoxy) is 1. The average Bonchev–Trinajstić information content (AvgIpc) is 3.28. The fourth-order valence-electron chi connectivity index (χ4n) is 2.98. The minimum absolute atomic E-state index is 0.254. The third-order valence-corrected chi connectivity index (χ3v) is 5.62. The monoisotopic (exact) mass is 416 g/mol. The van der Waals surface area contributed by atoms with Crippen molar-refractivity contribution in [3.05, 3.63) is 78.4 Å². The van der Waals surface area contributed by atoms with Crippen molar-refractivity contribution >= 4 is 17.3 Å². The minimum Gasteiger partial charge on any atom is -0.494 e. The van der Waals surface area contributed by atoms with Crippen LogP contribution in [0.1, 0.15) is 23.7 Å². The quantitative estimate of drug-likeness (QED) is 0.398. The smallest absolute Gasteiger partial charge is 0.335 e. The van der Waals surface area contributed by atoms with E-state index in [9.17, 15) is 4.79 Å². The van der Waals surface area contributed by atoms with Gasteiger partial charge in [-0.2, -0.15) is 0 Å². The zero-order valence-corrected chi connectivity index (χ0v) is 17.2. The Balaban J connectivity index is 1.50. The molecule has 0 atom stereocenters. The summed E-state index contributed by atoms with van der Waals surface area (Å²) in [6, 6.07) is 23.0. The standard InChI is InChI=1S/C24H20N2O3S/c1-2-15-29-21-13-11-17(12-14-21)16-3-5-18(6-4-16)22-25-26-23(30-22)19-7-9-20(10-8-19)24(27)28/h3-14H,2,15H2,1H3,(H,27,28). The van der Waals surface area contributed by atoms with Crippen LogP contribution < -0.4 is 4.74 Å². The largest absolute Gasteiger partial charge is 0.494 e. The molecule has 5 nitrogen and oxygen atoms in total. The van der Waals surface area contributed by atoms with E-state index in [1.807, 2.05) is 24.3 Å². The Bertz CT molecular complexity index is 1130. The van der Waals surface area contributed by atoms with Crippen molar-refractivity contribution in [1.82, 2.24) is 10.2 Å². The van der Waals surface area contributed by atoms with Gasteiger partial charge in [0.25, 0.3) is 0 Å². The lowest BCUT2D eigenvalue weighted by atomic mass is 10.0. The van der Waals surface area contributed by atoms with E-state index in [-0.39, 0.29) is 5.56 Å². The Kier molecular flexibility index (Phi) is 5.86. The van der Waals surface area contributed by atoms with Gasteiger partial charge in [-0.15, -0.1) is 10.2 Å². The van der Waals surface area contributed by atoms with Gasteiger partial charge < -0.3 is 9.84 Å². The van der Waals surface area contributed by atoms with E-state index in [1.54, 1.807) is 24.3 Å². The molecule has 0 aliphatic rings. The molecule has 0 spiro atoms. The van der Waals surface area contributed by atoms with Crippen molar-refractivity contribution in [2.24, 2.45) is 0 Å². The molecule has 0 saturated heterocycles. The molecule has 0 aliphatic heterocycles. The molecule has 1 aromatic heterocycles. The minimum atomic E-state index is -0.942. The molecule has 1 heterocycles. The SMILES string of the molecule is CCCOc1ccc(-c2ccc(-c3nnc(-c4ccc(C(=O)O)cc4)s3)cc2)cc1. The number of carboxylic acid groups (broad SMARTS) is 1. The van der Waals surface area contributed by atoms with E-state index >= 15 is 0 Å². The fraction of sp³-hybridized carbons (Fsp3) is 0.125. The van der Waals surface area contributed by atoms with E-state index in [4.69, 9.17) is 9.84 Å². The van der Waals surface area contributed by atoms with Gasteiger partial charge in [0.15, 0.2) is 0 Å². The molecule has 3 aromatic carbocycles. The van der Waals surface area contributed by atoms with E-state index in [0.29, 0.717) is 0 Å². The molecule has 0 fully saturated rings. The lowest BCUT2D eigenvalue weighted by molar-refractivity contribution is 0.0697. The van der Waals surface area contributed by atoms with Crippen molar-refractivity contribution in [1.29, 1.82) is 0 Å². The summed E-state index contributed by atoms with van der Waals surface area (Å²) in [7, 11) is 0. The van der Waals surface area contributed by atoms with Gasteiger partial charge in [0.1, 0.15) is 15.8 Å². The Hall–Kier alpha value is -3.51. The highest BCUT2D eigenvalue weighted by Gasteiger charge is 2.10. The number of carboxylic acids is 1. The summed E-state index contributed by atoms with van der Waals surface area (Å²) in [5.74, 6) is -0.0577. The van der Waals surface area contributed by atoms with E-state index in [1.165, 1.54) is 11.3 Å². The summed E-state index contributed by atoms with van der Waals surface area (Å²) in [5, 5.41) is 19.2. The first-order chi connectivity index (χ1) is 14.6. The Morgan fingerprint density at radius 2 is 1.27 bits per heavy atom. The second kappa shape index (κ2) is 8.88. The lowest BCUT2D eigenvalue weighted by Crippen LogP contribution is -1.94. The average molecular weight is 417 g/mol. The summed E-state index contributed by atoms with van der Waals surface area (Å²) in [4.78, 5) is 11.0. The molecule has 0 bridgehead atoms. The van der Waals surface area contributed by atoms with Crippen LogP contribution >= 0.6 is 11.3 Å². The van der Waals surface area contributed by atoms with E-state index < -0.39 is 5.97 Å². The number of rotatable bonds is 7. The Labute approximate surface area is 178 Å². The first-order valence-corrected chi connectivity index (χ1v) is 10.5. The highest BCUT2D eigenvalue weighted by molar-refractivity contribution is 7.17. The van der Waals surface area contributed by atoms with Crippen LogP contribution in [0.4, 0.5) is 0 Å². The number of aromatic nitrogens is 2. The molecule has 30 heavy (non-hydrogen) atoms. The molecular weight excluding hydrogens is 396 g/mol. The molecule has 4 aromatic rings. The maximum atomic E-state index is 11.0. The number of aromatic carboxylic acids is 1. The van der Waals surface area contributed by atoms with Crippen LogP contribution in [0, 0.1) is 0 Å². The van der Waals surface area contributed by atoms with Crippen molar-refractivity contribution < 1.29 is 14.6 Å². The van der Waals surface area contributed by atoms with Gasteiger partial charge in [-0.25, -0.2) is 4.79 Å². The normalized spacial score (nSPS) is 10.7. The molecule has 0 aliphatic carbocycles. The van der Waals surface area contributed by atoms with Gasteiger partial charge in [0, 0.05) is 11.1 Å². The molecule has 0 amide bonds. The molecule has 6 heteroatoms. The zero-order chi connectivity index (χ0) is 20.9. The molecule has 0 saturated carbocycles. The number of benzene rings is 3. The van der Waals surface area contributed by atoms with Gasteiger partial charge in [-0.05, 0) is 41.8 Å². The topological polar surface area (TPSA) is 72.3 Å². The van der Waals surface area contributed by atoms with Crippen LogP contribution in [0.15, 0.2) is 72.8 Å². The predicted molar refractivity (Wildman–Crippen MR) is 119 cm³/mol. The molecule has 1 N–H and O–H groups in total. The Morgan fingerprint density at radius 3 is 1.77 bits per heavy atom. The molecule has 0 radical (unpaired) electrons. The summed E-state index contributed by atoms with van der Waals surface area (Å²) in [6.07, 6.45) is 0.990. The molecule has 0 unspecified atom stereocenters. The number of hydrogen-bond donors (Lipinski definition) is 1. The molecule has 4 rings (SSSR count). The van der Waals surface area contributed by atoms with Crippen molar-refractivity contribution in [2.75, 3.05) is 6.61 Å². The third kappa shape index (κ3) is 4.39. The maximum Gasteiger partial charge on any atom is 0.335 e. The predicted octanol–water partition coefficient (Wildman–Crippen LogP) is 6.03. The summed E-state index contributed by atoms with van der Waals surface area (Å²) < 4.78 is 5.64. The lowest BCUT2D eigenvalue weighted by Gasteiger charge is -2.06. The van der Waals surface area contributed by atoms with Crippen molar-refractivity contribution in [3.8, 4) is 38.0 Å². The van der Waals surface area contributed by atoms with Gasteiger partial charge in [-0.1, -0.05) is 66.8 Å². The first-order valence-electron chi connectivity index (χ1n) is 9.65. The number of nitrogens with zero attached hydrogens (tertiary/aromatic N) is 2. The summed E-state index contributed by atoms with van der Waals surface area (Å²) in [5.41, 5.74) is 4.35. The third-order valence-electron chi connectivity index (χ3n) is 4.60. The maximum absolute atomic E-state index is 11.0. The Morgan fingerprint density at radius 1 is 0.800 bits per heavy atom. The highest BCUT2D eigenvalue weighted by Crippen LogP contribution is 2.31. The van der Waals surface area contributed by atoms with Crippen molar-refractivity contribution in [3.63, 3.8) is 0 Å². The highest BCUT2D eigenvalue weighted by atomic mass is 32.1. The fourth-order valence-corrected chi connectivity index (χ4v) is 3.84. The van der Waals surface area contributed by atoms with E-state index in [2.05, 4.69) is 41.4 Å². The van der Waals surface area contributed by atoms with Gasteiger partial charge >= 0.3 is 5.97 Å². The van der Waals surface area contributed by atoms with Crippen LogP contribution in [0.5, 0.6) is 5.75 Å². The van der Waals surface area contributed by atoms with Gasteiger partial charge in [0.05, 0.1) is 12.2 Å². The van der Waals surface area contributed by atoms with Crippen LogP contribution in [0.3, 0.4) is 0 Å². The van der Waals surface area contributed by atoms with E-state index in [0.717, 1.165) is 51.0 Å². The molecular formula is C24H20N2O3S.